The molecule has 0 spiro atoms. The smallest absolute Gasteiger partial charge is 0.120 e. The van der Waals surface area contributed by atoms with E-state index in [1.807, 2.05) is 12.2 Å². The van der Waals surface area contributed by atoms with E-state index < -0.39 is 0 Å². The summed E-state index contributed by atoms with van der Waals surface area (Å²) in [5, 5.41) is 0. The lowest BCUT2D eigenvalue weighted by molar-refractivity contribution is -0.107. The van der Waals surface area contributed by atoms with E-state index in [4.69, 9.17) is 0 Å². The van der Waals surface area contributed by atoms with E-state index in [2.05, 4.69) is 31.2 Å². The van der Waals surface area contributed by atoms with Gasteiger partial charge in [-0.2, -0.15) is 0 Å². The van der Waals surface area contributed by atoms with Crippen molar-refractivity contribution in [1.82, 2.24) is 0 Å². The summed E-state index contributed by atoms with van der Waals surface area (Å²) in [6.07, 6.45) is 22.7. The van der Waals surface area contributed by atoms with Crippen LogP contribution in [0.1, 0.15) is 58.3 Å². The van der Waals surface area contributed by atoms with E-state index >= 15 is 0 Å². The van der Waals surface area contributed by atoms with Gasteiger partial charge in [0.05, 0.1) is 0 Å². The molecule has 1 nitrogen and oxygen atoms in total. The fraction of sp³-hybridized carbons (Fsp3) is 0.562. The van der Waals surface area contributed by atoms with Crippen LogP contribution >= 0.6 is 0 Å². The van der Waals surface area contributed by atoms with E-state index in [0.29, 0.717) is 6.42 Å². The topological polar surface area (TPSA) is 17.1 Å². The minimum Gasteiger partial charge on any atom is -0.303 e. The van der Waals surface area contributed by atoms with E-state index in [-0.39, 0.29) is 0 Å². The minimum absolute atomic E-state index is 0.632. The molecular weight excluding hydrogens is 208 g/mol. The second-order valence-electron chi connectivity index (χ2n) is 4.14. The molecule has 96 valence electrons. The predicted molar refractivity (Wildman–Crippen MR) is 76.1 cm³/mol. The molecule has 0 rings (SSSR count). The van der Waals surface area contributed by atoms with Crippen molar-refractivity contribution >= 4 is 6.29 Å². The Morgan fingerprint density at radius 2 is 1.29 bits per heavy atom. The van der Waals surface area contributed by atoms with Gasteiger partial charge in [0.15, 0.2) is 0 Å². The first-order valence-electron chi connectivity index (χ1n) is 6.82. The number of carbonyl (C=O) groups excluding carboxylic acids is 1. The van der Waals surface area contributed by atoms with Crippen LogP contribution in [-0.2, 0) is 4.79 Å². The Kier molecular flexibility index (Phi) is 13.9. The number of aldehydes is 1. The van der Waals surface area contributed by atoms with Crippen molar-refractivity contribution < 1.29 is 4.79 Å². The van der Waals surface area contributed by atoms with Crippen LogP contribution in [0.25, 0.3) is 0 Å². The Labute approximate surface area is 106 Å². The Hall–Kier alpha value is -1.11. The Morgan fingerprint density at radius 3 is 1.94 bits per heavy atom. The van der Waals surface area contributed by atoms with Gasteiger partial charge in [0.25, 0.3) is 0 Å². The van der Waals surface area contributed by atoms with Gasteiger partial charge in [-0.3, -0.25) is 0 Å². The third kappa shape index (κ3) is 14.9. The van der Waals surface area contributed by atoms with Crippen molar-refractivity contribution in [2.24, 2.45) is 0 Å². The molecule has 0 bridgehead atoms. The highest BCUT2D eigenvalue weighted by atomic mass is 16.1. The lowest BCUT2D eigenvalue weighted by atomic mass is 10.2. The third-order valence-electron chi connectivity index (χ3n) is 2.47. The highest BCUT2D eigenvalue weighted by Crippen LogP contribution is 2.01. The van der Waals surface area contributed by atoms with Crippen molar-refractivity contribution in [1.29, 1.82) is 0 Å². The first kappa shape index (κ1) is 15.9. The molecule has 0 amide bonds. The number of hydrogen-bond donors (Lipinski definition) is 0. The SMILES string of the molecule is CCCC/C=C\CCC/C=C\C=C\CCC=O. The molecule has 0 aliphatic rings. The summed E-state index contributed by atoms with van der Waals surface area (Å²) in [5.74, 6) is 0. The van der Waals surface area contributed by atoms with Crippen LogP contribution in [0.3, 0.4) is 0 Å². The van der Waals surface area contributed by atoms with Crippen LogP contribution in [0.2, 0.25) is 0 Å². The molecule has 0 saturated carbocycles. The summed E-state index contributed by atoms with van der Waals surface area (Å²) >= 11 is 0. The number of carbonyl (C=O) groups is 1. The zero-order valence-electron chi connectivity index (χ0n) is 11.1. The van der Waals surface area contributed by atoms with Crippen LogP contribution in [0.4, 0.5) is 0 Å². The number of hydrogen-bond acceptors (Lipinski definition) is 1. The van der Waals surface area contributed by atoms with E-state index in [1.165, 1.54) is 32.1 Å². The predicted octanol–water partition coefficient (Wildman–Crippen LogP) is 4.99. The van der Waals surface area contributed by atoms with Gasteiger partial charge < -0.3 is 4.79 Å². The summed E-state index contributed by atoms with van der Waals surface area (Å²) in [6.45, 7) is 2.22. The number of unbranched alkanes of at least 4 members (excludes halogenated alkanes) is 5. The first-order chi connectivity index (χ1) is 8.41. The van der Waals surface area contributed by atoms with Crippen molar-refractivity contribution in [3.63, 3.8) is 0 Å². The minimum atomic E-state index is 0.632. The maximum Gasteiger partial charge on any atom is 0.120 e. The lowest BCUT2D eigenvalue weighted by Gasteiger charge is -1.91. The first-order valence-corrected chi connectivity index (χ1v) is 6.82. The van der Waals surface area contributed by atoms with Crippen LogP contribution in [0.5, 0.6) is 0 Å². The average Bonchev–Trinajstić information content (AvgIpc) is 2.35. The molecule has 0 aliphatic heterocycles. The van der Waals surface area contributed by atoms with Gasteiger partial charge in [-0.05, 0) is 32.1 Å². The molecule has 0 heterocycles. The molecule has 0 N–H and O–H groups in total. The van der Waals surface area contributed by atoms with Gasteiger partial charge in [0.2, 0.25) is 0 Å². The Balaban J connectivity index is 3.26. The summed E-state index contributed by atoms with van der Waals surface area (Å²) in [7, 11) is 0. The molecule has 17 heavy (non-hydrogen) atoms. The molecule has 0 saturated heterocycles. The molecule has 0 aromatic rings. The number of allylic oxidation sites excluding steroid dienone is 6. The molecule has 1 heteroatoms. The standard InChI is InChI=1S/C16H26O/c1-2-3-4-5-6-7-8-9-10-11-12-13-14-15-16-17/h5-6,10-13,16H,2-4,7-9,14-15H2,1H3/b6-5-,11-10-,13-12+. The largest absolute Gasteiger partial charge is 0.303 e. The molecular formula is C16H26O. The van der Waals surface area contributed by atoms with Gasteiger partial charge in [-0.15, -0.1) is 0 Å². The fourth-order valence-corrected chi connectivity index (χ4v) is 1.43. The van der Waals surface area contributed by atoms with Crippen molar-refractivity contribution in [3.05, 3.63) is 36.5 Å². The van der Waals surface area contributed by atoms with Crippen molar-refractivity contribution in [2.45, 2.75) is 58.3 Å². The monoisotopic (exact) mass is 234 g/mol. The second kappa shape index (κ2) is 14.9. The molecule has 0 aromatic heterocycles. The third-order valence-corrected chi connectivity index (χ3v) is 2.47. The van der Waals surface area contributed by atoms with Gasteiger partial charge >= 0.3 is 0 Å². The molecule has 0 aliphatic carbocycles. The fourth-order valence-electron chi connectivity index (χ4n) is 1.43. The van der Waals surface area contributed by atoms with Crippen LogP contribution in [0.15, 0.2) is 36.5 Å². The lowest BCUT2D eigenvalue weighted by Crippen LogP contribution is -1.71. The zero-order chi connectivity index (χ0) is 12.6. The van der Waals surface area contributed by atoms with E-state index in [9.17, 15) is 4.79 Å². The highest BCUT2D eigenvalue weighted by Gasteiger charge is 1.81. The average molecular weight is 234 g/mol. The number of rotatable bonds is 11. The summed E-state index contributed by atoms with van der Waals surface area (Å²) in [6, 6.07) is 0. The zero-order valence-corrected chi connectivity index (χ0v) is 11.1. The molecule has 0 fully saturated rings. The molecule has 0 unspecified atom stereocenters. The Morgan fingerprint density at radius 1 is 0.706 bits per heavy atom. The quantitative estimate of drug-likeness (QED) is 0.213. The van der Waals surface area contributed by atoms with Crippen LogP contribution < -0.4 is 0 Å². The van der Waals surface area contributed by atoms with E-state index in [1.54, 1.807) is 0 Å². The van der Waals surface area contributed by atoms with Crippen molar-refractivity contribution in [3.8, 4) is 0 Å². The van der Waals surface area contributed by atoms with Gasteiger partial charge in [-0.1, -0.05) is 56.2 Å². The van der Waals surface area contributed by atoms with Crippen LogP contribution in [0, 0.1) is 0 Å². The molecule has 0 aromatic carbocycles. The maximum absolute atomic E-state index is 10.0. The molecule has 0 atom stereocenters. The Bertz CT molecular complexity index is 236. The van der Waals surface area contributed by atoms with Crippen LogP contribution in [-0.4, -0.2) is 6.29 Å². The maximum atomic E-state index is 10.0. The summed E-state index contributed by atoms with van der Waals surface area (Å²) in [5.41, 5.74) is 0. The van der Waals surface area contributed by atoms with E-state index in [0.717, 1.165) is 19.1 Å². The van der Waals surface area contributed by atoms with Gasteiger partial charge in [0, 0.05) is 6.42 Å². The summed E-state index contributed by atoms with van der Waals surface area (Å²) in [4.78, 5) is 10.0. The van der Waals surface area contributed by atoms with Crippen molar-refractivity contribution in [2.75, 3.05) is 0 Å². The summed E-state index contributed by atoms with van der Waals surface area (Å²) < 4.78 is 0. The molecule has 0 radical (unpaired) electrons. The highest BCUT2D eigenvalue weighted by molar-refractivity contribution is 5.49. The normalized spacial score (nSPS) is 12.1. The second-order valence-corrected chi connectivity index (χ2v) is 4.14. The van der Waals surface area contributed by atoms with Gasteiger partial charge in [0.1, 0.15) is 6.29 Å². The van der Waals surface area contributed by atoms with Gasteiger partial charge in [-0.25, -0.2) is 0 Å².